The van der Waals surface area contributed by atoms with Crippen LogP contribution in [0.5, 0.6) is 0 Å². The summed E-state index contributed by atoms with van der Waals surface area (Å²) >= 11 is 0. The first-order valence-electron chi connectivity index (χ1n) is 3.94. The van der Waals surface area contributed by atoms with Crippen molar-refractivity contribution in [2.24, 2.45) is 5.92 Å². The molecule has 0 aromatic rings. The van der Waals surface area contributed by atoms with Gasteiger partial charge in [-0.2, -0.15) is 0 Å². The van der Waals surface area contributed by atoms with E-state index in [4.69, 9.17) is 5.11 Å². The predicted octanol–water partition coefficient (Wildman–Crippen LogP) is 0.570. The quantitative estimate of drug-likeness (QED) is 0.602. The minimum atomic E-state index is 0.208. The maximum atomic E-state index is 8.56. The highest BCUT2D eigenvalue weighted by atomic mass is 16.3. The normalized spacial score (nSPS) is 10.0. The van der Waals surface area contributed by atoms with Gasteiger partial charge in [-0.3, -0.25) is 4.90 Å². The van der Waals surface area contributed by atoms with Crippen LogP contribution in [-0.4, -0.2) is 36.8 Å². The Balaban J connectivity index is 3.46. The van der Waals surface area contributed by atoms with Gasteiger partial charge in [-0.25, -0.2) is 0 Å². The number of hydrogen-bond donors (Lipinski definition) is 1. The minimum absolute atomic E-state index is 0.208. The molecule has 0 aliphatic rings. The largest absolute Gasteiger partial charge is 0.395 e. The number of aliphatic hydroxyl groups excluding tert-OH is 1. The first-order chi connectivity index (χ1) is 5.16. The average Bonchev–Trinajstić information content (AvgIpc) is 1.87. The molecule has 2 heteroatoms. The standard InChI is InChI=1S/C9H17NO/c1-9(2)5-4-6-10(3)7-8-11/h9,11H,6-8H2,1-3H3. The first kappa shape index (κ1) is 10.5. The van der Waals surface area contributed by atoms with Crippen molar-refractivity contribution in [3.8, 4) is 11.8 Å². The lowest BCUT2D eigenvalue weighted by Crippen LogP contribution is -2.22. The Morgan fingerprint density at radius 1 is 1.45 bits per heavy atom. The van der Waals surface area contributed by atoms with Crippen molar-refractivity contribution in [2.45, 2.75) is 13.8 Å². The summed E-state index contributed by atoms with van der Waals surface area (Å²) in [5, 5.41) is 8.56. The van der Waals surface area contributed by atoms with Crippen molar-refractivity contribution in [2.75, 3.05) is 26.7 Å². The lowest BCUT2D eigenvalue weighted by atomic mass is 10.2. The van der Waals surface area contributed by atoms with E-state index in [0.717, 1.165) is 6.54 Å². The second-order valence-electron chi connectivity index (χ2n) is 2.94. The van der Waals surface area contributed by atoms with Crippen LogP contribution in [0.1, 0.15) is 13.8 Å². The highest BCUT2D eigenvalue weighted by molar-refractivity contribution is 5.02. The van der Waals surface area contributed by atoms with Gasteiger partial charge < -0.3 is 5.11 Å². The van der Waals surface area contributed by atoms with Crippen molar-refractivity contribution >= 4 is 0 Å². The van der Waals surface area contributed by atoms with Crippen LogP contribution in [-0.2, 0) is 0 Å². The van der Waals surface area contributed by atoms with Crippen LogP contribution in [0.25, 0.3) is 0 Å². The molecular weight excluding hydrogens is 138 g/mol. The number of hydrogen-bond acceptors (Lipinski definition) is 2. The number of likely N-dealkylation sites (N-methyl/N-ethyl adjacent to an activating group) is 1. The van der Waals surface area contributed by atoms with Crippen molar-refractivity contribution in [1.29, 1.82) is 0 Å². The Hall–Kier alpha value is -0.520. The van der Waals surface area contributed by atoms with Crippen LogP contribution < -0.4 is 0 Å². The Morgan fingerprint density at radius 2 is 2.09 bits per heavy atom. The van der Waals surface area contributed by atoms with Gasteiger partial charge in [-0.05, 0) is 7.05 Å². The third kappa shape index (κ3) is 7.38. The molecule has 0 heterocycles. The van der Waals surface area contributed by atoms with E-state index in [1.165, 1.54) is 0 Å². The maximum absolute atomic E-state index is 8.56. The molecule has 0 aliphatic heterocycles. The van der Waals surface area contributed by atoms with Crippen LogP contribution in [0.4, 0.5) is 0 Å². The van der Waals surface area contributed by atoms with E-state index in [-0.39, 0.29) is 6.61 Å². The monoisotopic (exact) mass is 155 g/mol. The molecule has 0 spiro atoms. The highest BCUT2D eigenvalue weighted by Gasteiger charge is 1.91. The molecule has 1 N–H and O–H groups in total. The first-order valence-corrected chi connectivity index (χ1v) is 3.94. The second-order valence-corrected chi connectivity index (χ2v) is 2.94. The van der Waals surface area contributed by atoms with Gasteiger partial charge in [-0.15, -0.1) is 0 Å². The molecule has 0 bridgehead atoms. The van der Waals surface area contributed by atoms with Crippen molar-refractivity contribution < 1.29 is 5.11 Å². The lowest BCUT2D eigenvalue weighted by Gasteiger charge is -2.09. The van der Waals surface area contributed by atoms with Gasteiger partial charge >= 0.3 is 0 Å². The zero-order chi connectivity index (χ0) is 8.69. The molecule has 2 nitrogen and oxygen atoms in total. The summed E-state index contributed by atoms with van der Waals surface area (Å²) in [5.74, 6) is 6.54. The molecule has 0 rings (SSSR count). The van der Waals surface area contributed by atoms with Gasteiger partial charge in [0.2, 0.25) is 0 Å². The Morgan fingerprint density at radius 3 is 2.55 bits per heavy atom. The van der Waals surface area contributed by atoms with Crippen molar-refractivity contribution in [1.82, 2.24) is 4.90 Å². The number of nitrogens with zero attached hydrogens (tertiary/aromatic N) is 1. The van der Waals surface area contributed by atoms with Gasteiger partial charge in [0.1, 0.15) is 0 Å². The molecular formula is C9H17NO. The zero-order valence-corrected chi connectivity index (χ0v) is 7.59. The topological polar surface area (TPSA) is 23.5 Å². The summed E-state index contributed by atoms with van der Waals surface area (Å²) < 4.78 is 0. The Kier molecular flexibility index (Phi) is 5.91. The molecule has 64 valence electrons. The molecule has 0 radical (unpaired) electrons. The van der Waals surface area contributed by atoms with Crippen LogP contribution in [0, 0.1) is 17.8 Å². The molecule has 0 amide bonds. The molecule has 0 saturated carbocycles. The Bertz CT molecular complexity index is 143. The van der Waals surface area contributed by atoms with Gasteiger partial charge in [-0.1, -0.05) is 25.7 Å². The number of rotatable bonds is 3. The van der Waals surface area contributed by atoms with E-state index in [0.29, 0.717) is 12.5 Å². The van der Waals surface area contributed by atoms with E-state index in [9.17, 15) is 0 Å². The molecule has 11 heavy (non-hydrogen) atoms. The zero-order valence-electron chi connectivity index (χ0n) is 7.59. The summed E-state index contributed by atoms with van der Waals surface area (Å²) in [6, 6.07) is 0. The minimum Gasteiger partial charge on any atom is -0.395 e. The fourth-order valence-corrected chi connectivity index (χ4v) is 0.634. The van der Waals surface area contributed by atoms with Crippen LogP contribution >= 0.6 is 0 Å². The second kappa shape index (κ2) is 6.21. The van der Waals surface area contributed by atoms with E-state index in [1.54, 1.807) is 0 Å². The summed E-state index contributed by atoms with van der Waals surface area (Å²) in [4.78, 5) is 2.00. The SMILES string of the molecule is CC(C)C#CCN(C)CCO. The van der Waals surface area contributed by atoms with E-state index in [1.807, 2.05) is 11.9 Å². The third-order valence-electron chi connectivity index (χ3n) is 1.22. The van der Waals surface area contributed by atoms with Crippen molar-refractivity contribution in [3.63, 3.8) is 0 Å². The molecule has 0 aliphatic carbocycles. The summed E-state index contributed by atoms with van der Waals surface area (Å²) in [6.45, 7) is 5.80. The lowest BCUT2D eigenvalue weighted by molar-refractivity contribution is 0.234. The van der Waals surface area contributed by atoms with Crippen LogP contribution in [0.15, 0.2) is 0 Å². The maximum Gasteiger partial charge on any atom is 0.0599 e. The fraction of sp³-hybridized carbons (Fsp3) is 0.778. The van der Waals surface area contributed by atoms with Gasteiger partial charge in [0.25, 0.3) is 0 Å². The molecule has 0 aromatic heterocycles. The van der Waals surface area contributed by atoms with E-state index in [2.05, 4.69) is 25.7 Å². The van der Waals surface area contributed by atoms with Crippen LogP contribution in [0.2, 0.25) is 0 Å². The molecule has 0 atom stereocenters. The van der Waals surface area contributed by atoms with Crippen molar-refractivity contribution in [3.05, 3.63) is 0 Å². The van der Waals surface area contributed by atoms with E-state index < -0.39 is 0 Å². The van der Waals surface area contributed by atoms with Gasteiger partial charge in [0.05, 0.1) is 13.2 Å². The molecule has 0 saturated heterocycles. The van der Waals surface area contributed by atoms with Gasteiger partial charge in [0, 0.05) is 12.5 Å². The summed E-state index contributed by atoms with van der Waals surface area (Å²) in [7, 11) is 1.95. The average molecular weight is 155 g/mol. The Labute approximate surface area is 69.2 Å². The third-order valence-corrected chi connectivity index (χ3v) is 1.22. The van der Waals surface area contributed by atoms with Crippen LogP contribution in [0.3, 0.4) is 0 Å². The number of aliphatic hydroxyl groups is 1. The molecule has 0 unspecified atom stereocenters. The predicted molar refractivity (Wildman–Crippen MR) is 47.2 cm³/mol. The fourth-order valence-electron chi connectivity index (χ4n) is 0.634. The molecule has 0 fully saturated rings. The highest BCUT2D eigenvalue weighted by Crippen LogP contribution is 1.86. The summed E-state index contributed by atoms with van der Waals surface area (Å²) in [5.41, 5.74) is 0. The molecule has 0 aromatic carbocycles. The van der Waals surface area contributed by atoms with Gasteiger partial charge in [0.15, 0.2) is 0 Å². The smallest absolute Gasteiger partial charge is 0.0599 e. The summed E-state index contributed by atoms with van der Waals surface area (Å²) in [6.07, 6.45) is 0. The van der Waals surface area contributed by atoms with E-state index >= 15 is 0 Å².